The third-order valence-electron chi connectivity index (χ3n) is 4.15. The molecule has 152 valence electrons. The standard InChI is InChI=1S/C20H19ClN2O5S/c1-4-28-20(24)17-12-18(13-5-8-15(9-6-13)29(3,25)26)23(22-17)14-7-10-19(27-2)16(21)11-14/h5-12H,4H2,1-3H3. The Balaban J connectivity index is 2.14. The summed E-state index contributed by atoms with van der Waals surface area (Å²) >= 11 is 6.24. The molecule has 0 fully saturated rings. The van der Waals surface area contributed by atoms with Crippen LogP contribution in [0.5, 0.6) is 5.75 Å². The highest BCUT2D eigenvalue weighted by Crippen LogP contribution is 2.30. The monoisotopic (exact) mass is 434 g/mol. The van der Waals surface area contributed by atoms with Gasteiger partial charge in [0, 0.05) is 11.8 Å². The third-order valence-corrected chi connectivity index (χ3v) is 5.58. The fraction of sp³-hybridized carbons (Fsp3) is 0.200. The van der Waals surface area contributed by atoms with E-state index < -0.39 is 15.8 Å². The summed E-state index contributed by atoms with van der Waals surface area (Å²) in [6.45, 7) is 1.93. The zero-order valence-electron chi connectivity index (χ0n) is 16.0. The fourth-order valence-electron chi connectivity index (χ4n) is 2.75. The molecule has 9 heteroatoms. The van der Waals surface area contributed by atoms with Crippen LogP contribution in [0.2, 0.25) is 5.02 Å². The highest BCUT2D eigenvalue weighted by atomic mass is 35.5. The first-order valence-electron chi connectivity index (χ1n) is 8.66. The topological polar surface area (TPSA) is 87.5 Å². The second-order valence-electron chi connectivity index (χ2n) is 6.16. The number of carbonyl (C=O) groups is 1. The van der Waals surface area contributed by atoms with Crippen molar-refractivity contribution in [2.45, 2.75) is 11.8 Å². The Morgan fingerprint density at radius 2 is 1.83 bits per heavy atom. The van der Waals surface area contributed by atoms with Crippen molar-refractivity contribution in [3.8, 4) is 22.7 Å². The van der Waals surface area contributed by atoms with Gasteiger partial charge in [-0.1, -0.05) is 23.7 Å². The van der Waals surface area contributed by atoms with E-state index in [1.807, 2.05) is 0 Å². The second-order valence-corrected chi connectivity index (χ2v) is 8.59. The molecule has 3 aromatic rings. The molecule has 1 heterocycles. The van der Waals surface area contributed by atoms with Gasteiger partial charge in [-0.15, -0.1) is 0 Å². The maximum absolute atomic E-state index is 12.2. The van der Waals surface area contributed by atoms with Gasteiger partial charge >= 0.3 is 5.97 Å². The average molecular weight is 435 g/mol. The van der Waals surface area contributed by atoms with Crippen LogP contribution in [0.3, 0.4) is 0 Å². The highest BCUT2D eigenvalue weighted by molar-refractivity contribution is 7.90. The van der Waals surface area contributed by atoms with E-state index in [4.69, 9.17) is 21.1 Å². The van der Waals surface area contributed by atoms with E-state index in [-0.39, 0.29) is 17.2 Å². The number of methoxy groups -OCH3 is 1. The van der Waals surface area contributed by atoms with Gasteiger partial charge in [-0.2, -0.15) is 5.10 Å². The van der Waals surface area contributed by atoms with Crippen LogP contribution in [-0.2, 0) is 14.6 Å². The third kappa shape index (κ3) is 4.44. The van der Waals surface area contributed by atoms with Gasteiger partial charge in [0.05, 0.1) is 35.0 Å². The van der Waals surface area contributed by atoms with Crippen LogP contribution in [0.15, 0.2) is 53.4 Å². The Kier molecular flexibility index (Phi) is 5.95. The molecule has 0 aliphatic carbocycles. The minimum Gasteiger partial charge on any atom is -0.495 e. The molecule has 0 atom stereocenters. The summed E-state index contributed by atoms with van der Waals surface area (Å²) in [5.41, 5.74) is 1.98. The number of rotatable bonds is 6. The number of ether oxygens (including phenoxy) is 2. The lowest BCUT2D eigenvalue weighted by atomic mass is 10.1. The number of nitrogens with zero attached hydrogens (tertiary/aromatic N) is 2. The van der Waals surface area contributed by atoms with E-state index in [0.717, 1.165) is 6.26 Å². The molecule has 0 unspecified atom stereocenters. The molecule has 0 amide bonds. The van der Waals surface area contributed by atoms with E-state index in [1.54, 1.807) is 48.0 Å². The van der Waals surface area contributed by atoms with E-state index in [2.05, 4.69) is 5.10 Å². The molecule has 0 spiro atoms. The molecular weight excluding hydrogens is 416 g/mol. The van der Waals surface area contributed by atoms with Gasteiger partial charge in [-0.05, 0) is 43.3 Å². The van der Waals surface area contributed by atoms with E-state index in [0.29, 0.717) is 27.7 Å². The molecular formula is C20H19ClN2O5S. The van der Waals surface area contributed by atoms with E-state index in [1.165, 1.54) is 19.2 Å². The lowest BCUT2D eigenvalue weighted by molar-refractivity contribution is 0.0519. The summed E-state index contributed by atoms with van der Waals surface area (Å²) in [5.74, 6) is -0.0490. The van der Waals surface area contributed by atoms with Gasteiger partial charge in [0.15, 0.2) is 15.5 Å². The molecule has 0 aliphatic rings. The summed E-state index contributed by atoms with van der Waals surface area (Å²) in [6.07, 6.45) is 1.14. The molecule has 29 heavy (non-hydrogen) atoms. The Hall–Kier alpha value is -2.84. The first-order chi connectivity index (χ1) is 13.7. The van der Waals surface area contributed by atoms with Gasteiger partial charge in [-0.3, -0.25) is 0 Å². The summed E-state index contributed by atoms with van der Waals surface area (Å²) < 4.78 is 35.2. The van der Waals surface area contributed by atoms with Crippen LogP contribution >= 0.6 is 11.6 Å². The number of esters is 1. The lowest BCUT2D eigenvalue weighted by Gasteiger charge is -2.10. The van der Waals surface area contributed by atoms with Gasteiger partial charge in [-0.25, -0.2) is 17.9 Å². The molecule has 0 saturated carbocycles. The van der Waals surface area contributed by atoms with Crippen molar-refractivity contribution < 1.29 is 22.7 Å². The van der Waals surface area contributed by atoms with Crippen LogP contribution in [0.1, 0.15) is 17.4 Å². The molecule has 0 saturated heterocycles. The predicted molar refractivity (Wildman–Crippen MR) is 110 cm³/mol. The average Bonchev–Trinajstić information content (AvgIpc) is 3.13. The van der Waals surface area contributed by atoms with Crippen molar-refractivity contribution in [2.75, 3.05) is 20.0 Å². The van der Waals surface area contributed by atoms with Crippen LogP contribution < -0.4 is 4.74 Å². The fourth-order valence-corrected chi connectivity index (χ4v) is 3.63. The van der Waals surface area contributed by atoms with Gasteiger partial charge in [0.2, 0.25) is 0 Å². The van der Waals surface area contributed by atoms with Crippen molar-refractivity contribution in [1.29, 1.82) is 0 Å². The minimum absolute atomic E-state index is 0.126. The van der Waals surface area contributed by atoms with Crippen molar-refractivity contribution in [3.05, 3.63) is 59.2 Å². The summed E-state index contributed by atoms with van der Waals surface area (Å²) in [7, 11) is -1.80. The van der Waals surface area contributed by atoms with Crippen LogP contribution in [0.4, 0.5) is 0 Å². The predicted octanol–water partition coefficient (Wildman–Crippen LogP) is 3.78. The zero-order valence-corrected chi connectivity index (χ0v) is 17.6. The Morgan fingerprint density at radius 3 is 2.38 bits per heavy atom. The molecule has 0 N–H and O–H groups in total. The molecule has 0 bridgehead atoms. The summed E-state index contributed by atoms with van der Waals surface area (Å²) in [5, 5.41) is 4.75. The van der Waals surface area contributed by atoms with Crippen molar-refractivity contribution in [1.82, 2.24) is 9.78 Å². The zero-order chi connectivity index (χ0) is 21.2. The Bertz CT molecular complexity index is 1150. The Morgan fingerprint density at radius 1 is 1.14 bits per heavy atom. The first-order valence-corrected chi connectivity index (χ1v) is 10.9. The minimum atomic E-state index is -3.32. The highest BCUT2D eigenvalue weighted by Gasteiger charge is 2.19. The maximum atomic E-state index is 12.2. The SMILES string of the molecule is CCOC(=O)c1cc(-c2ccc(S(C)(=O)=O)cc2)n(-c2ccc(OC)c(Cl)c2)n1. The molecule has 7 nitrogen and oxygen atoms in total. The smallest absolute Gasteiger partial charge is 0.358 e. The summed E-state index contributed by atoms with van der Waals surface area (Å²) in [6, 6.07) is 13.0. The number of hydrogen-bond acceptors (Lipinski definition) is 6. The van der Waals surface area contributed by atoms with Crippen molar-refractivity contribution in [3.63, 3.8) is 0 Å². The lowest BCUT2D eigenvalue weighted by Crippen LogP contribution is -2.07. The second kappa shape index (κ2) is 8.26. The normalized spacial score (nSPS) is 11.3. The largest absolute Gasteiger partial charge is 0.495 e. The number of carbonyl (C=O) groups excluding carboxylic acids is 1. The van der Waals surface area contributed by atoms with Gasteiger partial charge in [0.1, 0.15) is 5.75 Å². The van der Waals surface area contributed by atoms with Gasteiger partial charge in [0.25, 0.3) is 0 Å². The Labute approximate surface area is 173 Å². The van der Waals surface area contributed by atoms with Crippen LogP contribution in [0, 0.1) is 0 Å². The van der Waals surface area contributed by atoms with Gasteiger partial charge < -0.3 is 9.47 Å². The van der Waals surface area contributed by atoms with Crippen LogP contribution in [-0.4, -0.2) is 44.1 Å². The quantitative estimate of drug-likeness (QED) is 0.548. The number of sulfone groups is 1. The number of aromatic nitrogens is 2. The number of benzene rings is 2. The number of halogens is 1. The van der Waals surface area contributed by atoms with Crippen LogP contribution in [0.25, 0.3) is 16.9 Å². The van der Waals surface area contributed by atoms with E-state index in [9.17, 15) is 13.2 Å². The molecule has 1 aromatic heterocycles. The summed E-state index contributed by atoms with van der Waals surface area (Å²) in [4.78, 5) is 12.4. The molecule has 0 radical (unpaired) electrons. The first kappa shape index (κ1) is 20.9. The molecule has 0 aliphatic heterocycles. The molecule has 2 aromatic carbocycles. The maximum Gasteiger partial charge on any atom is 0.358 e. The molecule has 3 rings (SSSR count). The van der Waals surface area contributed by atoms with Crippen molar-refractivity contribution >= 4 is 27.4 Å². The van der Waals surface area contributed by atoms with Crippen molar-refractivity contribution in [2.24, 2.45) is 0 Å². The van der Waals surface area contributed by atoms with E-state index >= 15 is 0 Å². The number of hydrogen-bond donors (Lipinski definition) is 0.